The molecule has 0 aromatic rings. The van der Waals surface area contributed by atoms with Crippen LogP contribution in [0.5, 0.6) is 0 Å². The van der Waals surface area contributed by atoms with Crippen LogP contribution in [0.1, 0.15) is 0 Å². The SMILES string of the molecule is COCC1(N)COC1. The van der Waals surface area contributed by atoms with Crippen molar-refractivity contribution in [1.29, 1.82) is 0 Å². The molecule has 0 atom stereocenters. The van der Waals surface area contributed by atoms with E-state index < -0.39 is 0 Å². The molecule has 0 radical (unpaired) electrons. The Morgan fingerprint density at radius 1 is 1.75 bits per heavy atom. The van der Waals surface area contributed by atoms with Gasteiger partial charge in [0.05, 0.1) is 25.4 Å². The molecule has 0 spiro atoms. The minimum absolute atomic E-state index is 0.172. The van der Waals surface area contributed by atoms with Crippen LogP contribution in [0.4, 0.5) is 0 Å². The highest BCUT2D eigenvalue weighted by atomic mass is 16.5. The molecule has 2 N–H and O–H groups in total. The summed E-state index contributed by atoms with van der Waals surface area (Å²) in [6.45, 7) is 1.88. The van der Waals surface area contributed by atoms with E-state index in [1.165, 1.54) is 0 Å². The molecule has 0 aromatic carbocycles. The molecule has 3 heteroatoms. The molecule has 1 rings (SSSR count). The minimum atomic E-state index is -0.172. The molecule has 0 saturated carbocycles. The van der Waals surface area contributed by atoms with Crippen LogP contribution >= 0.6 is 0 Å². The molecule has 0 aromatic heterocycles. The molecule has 1 aliphatic heterocycles. The molecule has 0 bridgehead atoms. The van der Waals surface area contributed by atoms with Crippen LogP contribution in [0.25, 0.3) is 0 Å². The summed E-state index contributed by atoms with van der Waals surface area (Å²) in [5, 5.41) is 0. The smallest absolute Gasteiger partial charge is 0.0864 e. The van der Waals surface area contributed by atoms with Gasteiger partial charge in [0.25, 0.3) is 0 Å². The van der Waals surface area contributed by atoms with Gasteiger partial charge < -0.3 is 15.2 Å². The van der Waals surface area contributed by atoms with Crippen LogP contribution in [0.2, 0.25) is 0 Å². The van der Waals surface area contributed by atoms with E-state index in [-0.39, 0.29) is 5.54 Å². The van der Waals surface area contributed by atoms with Crippen molar-refractivity contribution < 1.29 is 9.47 Å². The molecule has 1 saturated heterocycles. The molecule has 1 heterocycles. The molecule has 0 amide bonds. The number of ether oxygens (including phenoxy) is 2. The fourth-order valence-corrected chi connectivity index (χ4v) is 0.735. The lowest BCUT2D eigenvalue weighted by molar-refractivity contribution is -0.0842. The van der Waals surface area contributed by atoms with Crippen LogP contribution < -0.4 is 5.73 Å². The van der Waals surface area contributed by atoms with Crippen LogP contribution in [0.3, 0.4) is 0 Å². The lowest BCUT2D eigenvalue weighted by Gasteiger charge is -2.36. The number of hydrogen-bond acceptors (Lipinski definition) is 3. The highest BCUT2D eigenvalue weighted by Crippen LogP contribution is 2.12. The van der Waals surface area contributed by atoms with Gasteiger partial charge in [-0.1, -0.05) is 0 Å². The van der Waals surface area contributed by atoms with Gasteiger partial charge in [-0.15, -0.1) is 0 Å². The zero-order valence-corrected chi connectivity index (χ0v) is 5.02. The minimum Gasteiger partial charge on any atom is -0.383 e. The van der Waals surface area contributed by atoms with E-state index >= 15 is 0 Å². The van der Waals surface area contributed by atoms with Gasteiger partial charge in [0.2, 0.25) is 0 Å². The molecule has 48 valence electrons. The second kappa shape index (κ2) is 2.01. The second-order valence-electron chi connectivity index (χ2n) is 2.29. The van der Waals surface area contributed by atoms with Crippen molar-refractivity contribution in [3.05, 3.63) is 0 Å². The number of rotatable bonds is 2. The summed E-state index contributed by atoms with van der Waals surface area (Å²) in [6, 6.07) is 0. The summed E-state index contributed by atoms with van der Waals surface area (Å²) >= 11 is 0. The van der Waals surface area contributed by atoms with Crippen molar-refractivity contribution in [1.82, 2.24) is 0 Å². The summed E-state index contributed by atoms with van der Waals surface area (Å²) in [7, 11) is 1.65. The first-order chi connectivity index (χ1) is 3.77. The highest BCUT2D eigenvalue weighted by Gasteiger charge is 2.33. The van der Waals surface area contributed by atoms with Gasteiger partial charge in [-0.25, -0.2) is 0 Å². The third-order valence-corrected chi connectivity index (χ3v) is 1.21. The average Bonchev–Trinajstić information content (AvgIpc) is 1.64. The third-order valence-electron chi connectivity index (χ3n) is 1.21. The van der Waals surface area contributed by atoms with E-state index in [1.54, 1.807) is 7.11 Å². The summed E-state index contributed by atoms with van der Waals surface area (Å²) in [5.41, 5.74) is 5.49. The van der Waals surface area contributed by atoms with Gasteiger partial charge in [-0.3, -0.25) is 0 Å². The van der Waals surface area contributed by atoms with Crippen molar-refractivity contribution in [3.8, 4) is 0 Å². The second-order valence-corrected chi connectivity index (χ2v) is 2.29. The Morgan fingerprint density at radius 2 is 2.38 bits per heavy atom. The molecular formula is C5H11NO2. The molecule has 8 heavy (non-hydrogen) atoms. The zero-order valence-electron chi connectivity index (χ0n) is 5.02. The first kappa shape index (κ1) is 6.01. The maximum atomic E-state index is 5.66. The van der Waals surface area contributed by atoms with Crippen LogP contribution in [0.15, 0.2) is 0 Å². The van der Waals surface area contributed by atoms with Gasteiger partial charge >= 0.3 is 0 Å². The van der Waals surface area contributed by atoms with Crippen LogP contribution in [-0.2, 0) is 9.47 Å². The van der Waals surface area contributed by atoms with Crippen LogP contribution in [-0.4, -0.2) is 32.5 Å². The summed E-state index contributed by atoms with van der Waals surface area (Å²) < 4.78 is 9.73. The van der Waals surface area contributed by atoms with Gasteiger partial charge in [0, 0.05) is 7.11 Å². The first-order valence-corrected chi connectivity index (χ1v) is 2.62. The highest BCUT2D eigenvalue weighted by molar-refractivity contribution is 4.90. The van der Waals surface area contributed by atoms with Crippen molar-refractivity contribution in [2.24, 2.45) is 5.73 Å². The monoisotopic (exact) mass is 117 g/mol. The normalized spacial score (nSPS) is 24.8. The summed E-state index contributed by atoms with van der Waals surface area (Å²) in [4.78, 5) is 0. The van der Waals surface area contributed by atoms with Crippen LogP contribution in [0, 0.1) is 0 Å². The van der Waals surface area contributed by atoms with E-state index in [1.807, 2.05) is 0 Å². The number of methoxy groups -OCH3 is 1. The molecular weight excluding hydrogens is 106 g/mol. The molecule has 1 aliphatic rings. The van der Waals surface area contributed by atoms with E-state index in [4.69, 9.17) is 15.2 Å². The molecule has 3 nitrogen and oxygen atoms in total. The van der Waals surface area contributed by atoms with Gasteiger partial charge in [-0.05, 0) is 0 Å². The topological polar surface area (TPSA) is 44.5 Å². The molecule has 0 unspecified atom stereocenters. The Kier molecular flexibility index (Phi) is 1.51. The Balaban J connectivity index is 2.20. The van der Waals surface area contributed by atoms with E-state index in [9.17, 15) is 0 Å². The zero-order chi connectivity index (χ0) is 6.04. The van der Waals surface area contributed by atoms with Crippen molar-refractivity contribution in [2.45, 2.75) is 5.54 Å². The summed E-state index contributed by atoms with van der Waals surface area (Å²) in [6.07, 6.45) is 0. The number of nitrogens with two attached hydrogens (primary N) is 1. The molecule has 1 fully saturated rings. The van der Waals surface area contributed by atoms with Crippen molar-refractivity contribution >= 4 is 0 Å². The predicted octanol–water partition coefficient (Wildman–Crippen LogP) is -0.639. The largest absolute Gasteiger partial charge is 0.383 e. The Morgan fingerprint density at radius 3 is 2.50 bits per heavy atom. The quantitative estimate of drug-likeness (QED) is 0.523. The van der Waals surface area contributed by atoms with Crippen molar-refractivity contribution in [3.63, 3.8) is 0 Å². The van der Waals surface area contributed by atoms with Gasteiger partial charge in [0.1, 0.15) is 0 Å². The van der Waals surface area contributed by atoms with E-state index in [2.05, 4.69) is 0 Å². The summed E-state index contributed by atoms with van der Waals surface area (Å²) in [5.74, 6) is 0. The van der Waals surface area contributed by atoms with E-state index in [0.29, 0.717) is 19.8 Å². The fraction of sp³-hybridized carbons (Fsp3) is 1.00. The Hall–Kier alpha value is -0.120. The number of hydrogen-bond donors (Lipinski definition) is 1. The van der Waals surface area contributed by atoms with Gasteiger partial charge in [0.15, 0.2) is 0 Å². The maximum Gasteiger partial charge on any atom is 0.0864 e. The predicted molar refractivity (Wildman–Crippen MR) is 29.6 cm³/mol. The van der Waals surface area contributed by atoms with Crippen molar-refractivity contribution in [2.75, 3.05) is 26.9 Å². The third kappa shape index (κ3) is 0.992. The standard InChI is InChI=1S/C5H11NO2/c1-7-2-5(6)3-8-4-5/h2-4,6H2,1H3. The molecule has 0 aliphatic carbocycles. The Bertz CT molecular complexity index is 80.5. The Labute approximate surface area is 48.8 Å². The maximum absolute atomic E-state index is 5.66. The van der Waals surface area contributed by atoms with Gasteiger partial charge in [-0.2, -0.15) is 0 Å². The lowest BCUT2D eigenvalue weighted by Crippen LogP contribution is -2.60. The van der Waals surface area contributed by atoms with E-state index in [0.717, 1.165) is 0 Å². The first-order valence-electron chi connectivity index (χ1n) is 2.62. The average molecular weight is 117 g/mol. The fourth-order valence-electron chi connectivity index (χ4n) is 0.735. The lowest BCUT2D eigenvalue weighted by atomic mass is 10.0.